The number of aromatic nitrogens is 2. The summed E-state index contributed by atoms with van der Waals surface area (Å²) in [6.07, 6.45) is 6.21. The highest BCUT2D eigenvalue weighted by Crippen LogP contribution is 2.34. The van der Waals surface area contributed by atoms with Gasteiger partial charge in [-0.05, 0) is 32.6 Å². The molecule has 0 unspecified atom stereocenters. The van der Waals surface area contributed by atoms with Crippen LogP contribution in [0.4, 0.5) is 4.79 Å². The molecular formula is C13H22N4O. The predicted molar refractivity (Wildman–Crippen MR) is 70.1 cm³/mol. The summed E-state index contributed by atoms with van der Waals surface area (Å²) in [5, 5.41) is 7.12. The number of aryl methyl sites for hydroxylation is 1. The number of hydrogen-bond acceptors (Lipinski definition) is 2. The first-order valence-electron chi connectivity index (χ1n) is 6.51. The fraction of sp³-hybridized carbons (Fsp3) is 0.692. The Bertz CT molecular complexity index is 424. The molecule has 1 aromatic rings. The van der Waals surface area contributed by atoms with Gasteiger partial charge in [0.25, 0.3) is 0 Å². The Balaban J connectivity index is 1.90. The van der Waals surface area contributed by atoms with E-state index in [9.17, 15) is 4.79 Å². The SMILES string of the molecule is C[C@@H](NC(=O)N(C)[C@@H](C)C1CC1)c1cnn(C)c1. The van der Waals surface area contributed by atoms with E-state index in [4.69, 9.17) is 0 Å². The van der Waals surface area contributed by atoms with E-state index >= 15 is 0 Å². The maximum Gasteiger partial charge on any atom is 0.317 e. The lowest BCUT2D eigenvalue weighted by Crippen LogP contribution is -2.44. The van der Waals surface area contributed by atoms with Crippen LogP contribution in [0.2, 0.25) is 0 Å². The zero-order chi connectivity index (χ0) is 13.3. The van der Waals surface area contributed by atoms with Gasteiger partial charge < -0.3 is 10.2 Å². The van der Waals surface area contributed by atoms with Crippen molar-refractivity contribution in [1.82, 2.24) is 20.0 Å². The van der Waals surface area contributed by atoms with Crippen LogP contribution in [0.25, 0.3) is 0 Å². The third-order valence-corrected chi connectivity index (χ3v) is 3.80. The molecule has 0 bridgehead atoms. The third kappa shape index (κ3) is 2.83. The van der Waals surface area contributed by atoms with E-state index < -0.39 is 0 Å². The van der Waals surface area contributed by atoms with Crippen molar-refractivity contribution in [2.45, 2.75) is 38.8 Å². The summed E-state index contributed by atoms with van der Waals surface area (Å²) in [6, 6.07) is 0.303. The Morgan fingerprint density at radius 2 is 2.22 bits per heavy atom. The Labute approximate surface area is 108 Å². The molecule has 0 aromatic carbocycles. The van der Waals surface area contributed by atoms with Crippen molar-refractivity contribution in [2.24, 2.45) is 13.0 Å². The summed E-state index contributed by atoms with van der Waals surface area (Å²) in [7, 11) is 3.74. The molecular weight excluding hydrogens is 228 g/mol. The molecule has 2 atom stereocenters. The second kappa shape index (κ2) is 5.00. The van der Waals surface area contributed by atoms with E-state index in [1.165, 1.54) is 12.8 Å². The smallest absolute Gasteiger partial charge is 0.317 e. The van der Waals surface area contributed by atoms with E-state index in [0.717, 1.165) is 5.56 Å². The maximum atomic E-state index is 12.1. The predicted octanol–water partition coefficient (Wildman–Crippen LogP) is 1.92. The molecule has 2 amide bonds. The van der Waals surface area contributed by atoms with Crippen LogP contribution < -0.4 is 5.32 Å². The van der Waals surface area contributed by atoms with Crippen LogP contribution >= 0.6 is 0 Å². The number of rotatable bonds is 4. The van der Waals surface area contributed by atoms with Crippen molar-refractivity contribution in [3.63, 3.8) is 0 Å². The lowest BCUT2D eigenvalue weighted by molar-refractivity contribution is 0.185. The van der Waals surface area contributed by atoms with E-state index in [0.29, 0.717) is 12.0 Å². The Hall–Kier alpha value is -1.52. The molecule has 1 aliphatic rings. The van der Waals surface area contributed by atoms with Crippen LogP contribution in [0, 0.1) is 5.92 Å². The van der Waals surface area contributed by atoms with Crippen molar-refractivity contribution in [2.75, 3.05) is 7.05 Å². The minimum absolute atomic E-state index is 0.00856. The summed E-state index contributed by atoms with van der Waals surface area (Å²) in [6.45, 7) is 4.09. The summed E-state index contributed by atoms with van der Waals surface area (Å²) < 4.78 is 1.74. The summed E-state index contributed by atoms with van der Waals surface area (Å²) in [5.41, 5.74) is 1.03. The molecule has 100 valence electrons. The van der Waals surface area contributed by atoms with Crippen LogP contribution in [0.1, 0.15) is 38.3 Å². The first kappa shape index (κ1) is 12.9. The largest absolute Gasteiger partial charge is 0.331 e. The third-order valence-electron chi connectivity index (χ3n) is 3.80. The topological polar surface area (TPSA) is 50.2 Å². The van der Waals surface area contributed by atoms with Crippen LogP contribution in [0.3, 0.4) is 0 Å². The highest BCUT2D eigenvalue weighted by atomic mass is 16.2. The zero-order valence-corrected chi connectivity index (χ0v) is 11.6. The molecule has 1 saturated carbocycles. The van der Waals surface area contributed by atoms with Gasteiger partial charge in [0.1, 0.15) is 0 Å². The van der Waals surface area contributed by atoms with Crippen molar-refractivity contribution in [3.05, 3.63) is 18.0 Å². The molecule has 1 fully saturated rings. The number of nitrogens with zero attached hydrogens (tertiary/aromatic N) is 3. The van der Waals surface area contributed by atoms with Gasteiger partial charge in [0.15, 0.2) is 0 Å². The number of amides is 2. The summed E-state index contributed by atoms with van der Waals surface area (Å²) >= 11 is 0. The van der Waals surface area contributed by atoms with E-state index in [2.05, 4.69) is 17.3 Å². The molecule has 1 aromatic heterocycles. The van der Waals surface area contributed by atoms with Gasteiger partial charge >= 0.3 is 6.03 Å². The molecule has 0 aliphatic heterocycles. The van der Waals surface area contributed by atoms with E-state index in [1.54, 1.807) is 10.9 Å². The first-order valence-corrected chi connectivity index (χ1v) is 6.51. The molecule has 1 N–H and O–H groups in total. The van der Waals surface area contributed by atoms with Crippen molar-refractivity contribution >= 4 is 6.03 Å². The summed E-state index contributed by atoms with van der Waals surface area (Å²) in [4.78, 5) is 13.9. The Morgan fingerprint density at radius 1 is 1.56 bits per heavy atom. The molecule has 1 aliphatic carbocycles. The van der Waals surface area contributed by atoms with E-state index in [1.807, 2.05) is 32.1 Å². The second-order valence-electron chi connectivity index (χ2n) is 5.31. The minimum Gasteiger partial charge on any atom is -0.331 e. The fourth-order valence-electron chi connectivity index (χ4n) is 2.11. The monoisotopic (exact) mass is 250 g/mol. The van der Waals surface area contributed by atoms with Crippen LogP contribution in [-0.2, 0) is 7.05 Å². The summed E-state index contributed by atoms with van der Waals surface area (Å²) in [5.74, 6) is 0.689. The standard InChI is InChI=1S/C13H22N4O/c1-9(12-7-14-16(3)8-12)15-13(18)17(4)10(2)11-5-6-11/h7-11H,5-6H2,1-4H3,(H,15,18)/t9-,10+/m1/s1. The molecule has 0 radical (unpaired) electrons. The number of nitrogens with one attached hydrogen (secondary N) is 1. The zero-order valence-electron chi connectivity index (χ0n) is 11.6. The Morgan fingerprint density at radius 3 is 2.72 bits per heavy atom. The van der Waals surface area contributed by atoms with Gasteiger partial charge in [-0.1, -0.05) is 0 Å². The lowest BCUT2D eigenvalue weighted by Gasteiger charge is -2.26. The number of carbonyl (C=O) groups excluding carboxylic acids is 1. The van der Waals surface area contributed by atoms with Gasteiger partial charge in [0.05, 0.1) is 12.2 Å². The van der Waals surface area contributed by atoms with Gasteiger partial charge in [-0.15, -0.1) is 0 Å². The average molecular weight is 250 g/mol. The molecule has 0 saturated heterocycles. The van der Waals surface area contributed by atoms with Gasteiger partial charge in [0.2, 0.25) is 0 Å². The lowest BCUT2D eigenvalue weighted by atomic mass is 10.2. The normalized spacial score (nSPS) is 18.2. The molecule has 1 heterocycles. The number of carbonyl (C=O) groups is 1. The van der Waals surface area contributed by atoms with Crippen molar-refractivity contribution in [1.29, 1.82) is 0 Å². The van der Waals surface area contributed by atoms with Gasteiger partial charge in [-0.25, -0.2) is 4.79 Å². The van der Waals surface area contributed by atoms with Crippen molar-refractivity contribution in [3.8, 4) is 0 Å². The molecule has 2 rings (SSSR count). The van der Waals surface area contributed by atoms with Crippen LogP contribution in [0.15, 0.2) is 12.4 Å². The van der Waals surface area contributed by atoms with Crippen molar-refractivity contribution < 1.29 is 4.79 Å². The van der Waals surface area contributed by atoms with Crippen LogP contribution in [0.5, 0.6) is 0 Å². The number of hydrogen-bond donors (Lipinski definition) is 1. The number of urea groups is 1. The van der Waals surface area contributed by atoms with Gasteiger partial charge in [-0.2, -0.15) is 5.10 Å². The highest BCUT2D eigenvalue weighted by molar-refractivity contribution is 5.74. The molecule has 5 heteroatoms. The van der Waals surface area contributed by atoms with Crippen LogP contribution in [-0.4, -0.2) is 33.8 Å². The molecule has 5 nitrogen and oxygen atoms in total. The fourth-order valence-corrected chi connectivity index (χ4v) is 2.11. The minimum atomic E-state index is -0.0138. The Kier molecular flexibility index (Phi) is 3.59. The van der Waals surface area contributed by atoms with Gasteiger partial charge in [0, 0.05) is 31.9 Å². The van der Waals surface area contributed by atoms with E-state index in [-0.39, 0.29) is 12.1 Å². The molecule has 18 heavy (non-hydrogen) atoms. The van der Waals surface area contributed by atoms with Gasteiger partial charge in [-0.3, -0.25) is 4.68 Å². The highest BCUT2D eigenvalue weighted by Gasteiger charge is 2.32. The average Bonchev–Trinajstić information content (AvgIpc) is 3.09. The first-order chi connectivity index (χ1) is 8.49. The molecule has 0 spiro atoms. The quantitative estimate of drug-likeness (QED) is 0.887. The maximum absolute atomic E-state index is 12.1. The second-order valence-corrected chi connectivity index (χ2v) is 5.31.